The molecular weight excluding hydrogens is 554 g/mol. The summed E-state index contributed by atoms with van der Waals surface area (Å²) in [5.41, 5.74) is 1.93. The van der Waals surface area contributed by atoms with Gasteiger partial charge in [-0.3, -0.25) is 10.00 Å². The second-order valence-electron chi connectivity index (χ2n) is 9.44. The number of para-hydroxylation sites is 1. The van der Waals surface area contributed by atoms with E-state index in [2.05, 4.69) is 43.8 Å². The molecule has 4 rings (SSSR count). The van der Waals surface area contributed by atoms with Crippen LogP contribution >= 0.6 is 15.9 Å². The molecule has 0 aliphatic heterocycles. The molecule has 1 saturated carbocycles. The topological polar surface area (TPSA) is 103 Å². The zero-order valence-corrected chi connectivity index (χ0v) is 24.4. The molecule has 7 nitrogen and oxygen atoms in total. The van der Waals surface area contributed by atoms with Crippen LogP contribution in [0, 0.1) is 5.41 Å². The molecule has 8 heteroatoms. The molecule has 1 fully saturated rings. The van der Waals surface area contributed by atoms with Crippen molar-refractivity contribution in [3.8, 4) is 5.75 Å². The molecule has 0 spiro atoms. The third-order valence-corrected chi connectivity index (χ3v) is 6.95. The number of phenols is 1. The van der Waals surface area contributed by atoms with Gasteiger partial charge in [0.25, 0.3) is 0 Å². The maximum Gasteiger partial charge on any atom is 0.130 e. The lowest BCUT2D eigenvalue weighted by atomic mass is 9.80. The highest BCUT2D eigenvalue weighted by atomic mass is 79.9. The number of hydrogen-bond donors (Lipinski definition) is 4. The first kappa shape index (κ1) is 32.1. The van der Waals surface area contributed by atoms with E-state index in [0.29, 0.717) is 12.2 Å². The van der Waals surface area contributed by atoms with Gasteiger partial charge >= 0.3 is 0 Å². The fourth-order valence-electron chi connectivity index (χ4n) is 4.37. The minimum absolute atomic E-state index is 0.152. The van der Waals surface area contributed by atoms with Gasteiger partial charge in [0, 0.05) is 12.4 Å². The number of allylic oxidation sites excluding steroid dienone is 2. The molecule has 2 aromatic carbocycles. The van der Waals surface area contributed by atoms with Crippen LogP contribution in [0.5, 0.6) is 5.75 Å². The number of aromatic nitrogens is 2. The van der Waals surface area contributed by atoms with Crippen LogP contribution in [0.15, 0.2) is 83.6 Å². The van der Waals surface area contributed by atoms with Crippen molar-refractivity contribution in [2.75, 3.05) is 20.1 Å². The molecule has 1 aromatic heterocycles. The molecular formula is C31H42BrN5O2. The molecule has 0 saturated heterocycles. The molecule has 39 heavy (non-hydrogen) atoms. The number of aromatic hydroxyl groups is 1. The van der Waals surface area contributed by atoms with Crippen LogP contribution in [-0.4, -0.2) is 47.5 Å². The maximum absolute atomic E-state index is 11.1. The van der Waals surface area contributed by atoms with Crippen molar-refractivity contribution in [3.63, 3.8) is 0 Å². The summed E-state index contributed by atoms with van der Waals surface area (Å²) in [7, 11) is 1.98. The average Bonchev–Trinajstić information content (AvgIpc) is 3.63. The SMILES string of the molecule is CNCCCCNCn1cc(Br)cn1.N=C/C=C\Cc1ccccc1O.O=CC1(c2ccccc2)CCCC1. The van der Waals surface area contributed by atoms with Gasteiger partial charge in [-0.25, -0.2) is 0 Å². The highest BCUT2D eigenvalue weighted by Crippen LogP contribution is 2.39. The first-order valence-electron chi connectivity index (χ1n) is 13.5. The second kappa shape index (κ2) is 19.1. The van der Waals surface area contributed by atoms with E-state index in [4.69, 9.17) is 5.41 Å². The summed E-state index contributed by atoms with van der Waals surface area (Å²) in [6.07, 6.45) is 17.1. The van der Waals surface area contributed by atoms with Gasteiger partial charge in [0.1, 0.15) is 12.0 Å². The van der Waals surface area contributed by atoms with Crippen molar-refractivity contribution < 1.29 is 9.90 Å². The Morgan fingerprint density at radius 2 is 1.77 bits per heavy atom. The summed E-state index contributed by atoms with van der Waals surface area (Å²) in [4.78, 5) is 11.1. The van der Waals surface area contributed by atoms with Crippen molar-refractivity contribution in [1.82, 2.24) is 20.4 Å². The van der Waals surface area contributed by atoms with Crippen LogP contribution in [0.3, 0.4) is 0 Å². The number of hydrogen-bond acceptors (Lipinski definition) is 6. The number of phenolic OH excluding ortho intramolecular Hbond substituents is 1. The number of rotatable bonds is 12. The van der Waals surface area contributed by atoms with Crippen molar-refractivity contribution in [1.29, 1.82) is 5.41 Å². The lowest BCUT2D eigenvalue weighted by molar-refractivity contribution is -0.112. The Labute approximate surface area is 241 Å². The lowest BCUT2D eigenvalue weighted by Gasteiger charge is -2.21. The first-order chi connectivity index (χ1) is 19.0. The zero-order chi connectivity index (χ0) is 28.2. The number of carbonyl (C=O) groups is 1. The van der Waals surface area contributed by atoms with Gasteiger partial charge in [0.2, 0.25) is 0 Å². The van der Waals surface area contributed by atoms with E-state index < -0.39 is 0 Å². The molecule has 0 unspecified atom stereocenters. The number of halogens is 1. The molecule has 4 N–H and O–H groups in total. The quantitative estimate of drug-likeness (QED) is 0.116. The van der Waals surface area contributed by atoms with Gasteiger partial charge in [-0.2, -0.15) is 5.10 Å². The summed E-state index contributed by atoms with van der Waals surface area (Å²) >= 11 is 3.36. The number of aldehydes is 1. The van der Waals surface area contributed by atoms with Crippen LogP contribution in [0.2, 0.25) is 0 Å². The smallest absolute Gasteiger partial charge is 0.130 e. The summed E-state index contributed by atoms with van der Waals surface area (Å²) in [5, 5.41) is 26.7. The summed E-state index contributed by atoms with van der Waals surface area (Å²) in [6.45, 7) is 2.92. The number of nitrogens with one attached hydrogen (secondary N) is 3. The molecule has 0 atom stereocenters. The maximum atomic E-state index is 11.1. The van der Waals surface area contributed by atoms with E-state index in [1.807, 2.05) is 54.3 Å². The van der Waals surface area contributed by atoms with E-state index in [0.717, 1.165) is 48.9 Å². The van der Waals surface area contributed by atoms with Crippen molar-refractivity contribution in [3.05, 3.63) is 94.7 Å². The van der Waals surface area contributed by atoms with E-state index in [1.54, 1.807) is 24.4 Å². The molecule has 0 amide bonds. The Morgan fingerprint density at radius 1 is 1.08 bits per heavy atom. The summed E-state index contributed by atoms with van der Waals surface area (Å²) in [6, 6.07) is 17.4. The van der Waals surface area contributed by atoms with E-state index in [-0.39, 0.29) is 5.41 Å². The van der Waals surface area contributed by atoms with Crippen LogP contribution in [0.1, 0.15) is 49.7 Å². The van der Waals surface area contributed by atoms with Crippen molar-refractivity contribution >= 4 is 28.4 Å². The third kappa shape index (κ3) is 12.1. The molecule has 1 heterocycles. The normalized spacial score (nSPS) is 13.7. The Morgan fingerprint density at radius 3 is 2.38 bits per heavy atom. The molecule has 0 bridgehead atoms. The number of nitrogens with zero attached hydrogens (tertiary/aromatic N) is 2. The van der Waals surface area contributed by atoms with Gasteiger partial charge in [-0.1, -0.05) is 67.4 Å². The fraction of sp³-hybridized carbons (Fsp3) is 0.387. The fourth-order valence-corrected chi connectivity index (χ4v) is 4.70. The monoisotopic (exact) mass is 595 g/mol. The minimum atomic E-state index is -0.152. The number of benzene rings is 2. The minimum Gasteiger partial charge on any atom is -0.508 e. The second-order valence-corrected chi connectivity index (χ2v) is 10.4. The lowest BCUT2D eigenvalue weighted by Crippen LogP contribution is -2.23. The van der Waals surface area contributed by atoms with Crippen LogP contribution in [0.25, 0.3) is 0 Å². The highest BCUT2D eigenvalue weighted by Gasteiger charge is 2.34. The van der Waals surface area contributed by atoms with Crippen LogP contribution in [0.4, 0.5) is 0 Å². The standard InChI is InChI=1S/C12H14O.C10H11NO.C9H17BrN4/c13-10-12(8-4-5-9-12)11-6-2-1-3-7-11;11-8-4-3-6-9-5-1-2-7-10(9)12;1-11-4-2-3-5-12-8-14-7-9(10)6-13-14/h1-3,6-7,10H,4-5,8-9H2;1-5,7-8,11-12H,6H2;6-7,11-12H,2-5,8H2,1H3/b;4-3-,11-8?;. The Kier molecular flexibility index (Phi) is 15.7. The predicted molar refractivity (Wildman–Crippen MR) is 163 cm³/mol. The molecule has 1 aliphatic carbocycles. The third-order valence-electron chi connectivity index (χ3n) is 6.54. The van der Waals surface area contributed by atoms with Crippen LogP contribution in [-0.2, 0) is 23.3 Å². The van der Waals surface area contributed by atoms with Gasteiger partial charge in [-0.15, -0.1) is 0 Å². The molecule has 3 aromatic rings. The zero-order valence-electron chi connectivity index (χ0n) is 22.9. The first-order valence-corrected chi connectivity index (χ1v) is 14.3. The predicted octanol–water partition coefficient (Wildman–Crippen LogP) is 6.03. The van der Waals surface area contributed by atoms with E-state index in [9.17, 15) is 9.90 Å². The van der Waals surface area contributed by atoms with Crippen molar-refractivity contribution in [2.24, 2.45) is 0 Å². The summed E-state index contributed by atoms with van der Waals surface area (Å²) < 4.78 is 2.90. The Hall–Kier alpha value is -3.07. The van der Waals surface area contributed by atoms with E-state index >= 15 is 0 Å². The Balaban J connectivity index is 0.000000206. The van der Waals surface area contributed by atoms with Gasteiger partial charge in [0.15, 0.2) is 0 Å². The highest BCUT2D eigenvalue weighted by molar-refractivity contribution is 9.10. The van der Waals surface area contributed by atoms with Crippen molar-refractivity contribution in [2.45, 2.75) is 57.0 Å². The van der Waals surface area contributed by atoms with Gasteiger partial charge in [-0.05, 0) is 91.4 Å². The number of carbonyl (C=O) groups excluding carboxylic acids is 1. The number of unbranched alkanes of at least 4 members (excludes halogenated alkanes) is 1. The summed E-state index contributed by atoms with van der Waals surface area (Å²) in [5.74, 6) is 0.312. The van der Waals surface area contributed by atoms with Crippen LogP contribution < -0.4 is 10.6 Å². The molecule has 0 radical (unpaired) electrons. The Bertz CT molecular complexity index is 1110. The van der Waals surface area contributed by atoms with Gasteiger partial charge < -0.3 is 20.6 Å². The molecule has 210 valence electrons. The van der Waals surface area contributed by atoms with Gasteiger partial charge in [0.05, 0.1) is 22.8 Å². The average molecular weight is 597 g/mol. The van der Waals surface area contributed by atoms with E-state index in [1.165, 1.54) is 37.5 Å². The molecule has 1 aliphatic rings. The largest absolute Gasteiger partial charge is 0.508 e.